The van der Waals surface area contributed by atoms with E-state index in [1.165, 1.54) is 4.57 Å². The second-order valence-electron chi connectivity index (χ2n) is 4.62. The SMILES string of the molecule is CC[C@@H](C)Nc1nc2c(c(=O)[nH]c(=O)n2C)n1CC. The Morgan fingerprint density at radius 1 is 1.37 bits per heavy atom. The molecule has 0 spiro atoms. The van der Waals surface area contributed by atoms with Crippen LogP contribution in [0.15, 0.2) is 9.59 Å². The quantitative estimate of drug-likeness (QED) is 0.850. The molecule has 2 heterocycles. The van der Waals surface area contributed by atoms with Gasteiger partial charge in [-0.1, -0.05) is 6.92 Å². The van der Waals surface area contributed by atoms with E-state index in [4.69, 9.17) is 0 Å². The summed E-state index contributed by atoms with van der Waals surface area (Å²) in [6.07, 6.45) is 0.947. The molecule has 7 heteroatoms. The molecular formula is C12H19N5O2. The number of aryl methyl sites for hydroxylation is 2. The molecule has 0 aromatic carbocycles. The van der Waals surface area contributed by atoms with Crippen LogP contribution in [0.3, 0.4) is 0 Å². The maximum absolute atomic E-state index is 11.9. The Labute approximate surface area is 110 Å². The molecule has 0 fully saturated rings. The highest BCUT2D eigenvalue weighted by atomic mass is 16.2. The van der Waals surface area contributed by atoms with E-state index in [0.29, 0.717) is 23.7 Å². The zero-order valence-corrected chi connectivity index (χ0v) is 11.6. The van der Waals surface area contributed by atoms with Crippen molar-refractivity contribution in [1.82, 2.24) is 19.1 Å². The van der Waals surface area contributed by atoms with Crippen LogP contribution < -0.4 is 16.6 Å². The van der Waals surface area contributed by atoms with Crippen LogP contribution in [-0.2, 0) is 13.6 Å². The number of H-pyrrole nitrogens is 1. The molecule has 2 aromatic rings. The van der Waals surface area contributed by atoms with E-state index in [1.54, 1.807) is 11.6 Å². The van der Waals surface area contributed by atoms with Gasteiger partial charge >= 0.3 is 5.69 Å². The van der Waals surface area contributed by atoms with Crippen LogP contribution in [0.4, 0.5) is 5.95 Å². The average molecular weight is 265 g/mol. The zero-order chi connectivity index (χ0) is 14.2. The minimum absolute atomic E-state index is 0.248. The monoisotopic (exact) mass is 265 g/mol. The summed E-state index contributed by atoms with van der Waals surface area (Å²) in [5.41, 5.74) is -0.0187. The Hall–Kier alpha value is -2.05. The second-order valence-corrected chi connectivity index (χ2v) is 4.62. The first kappa shape index (κ1) is 13.4. The van der Waals surface area contributed by atoms with E-state index in [0.717, 1.165) is 6.42 Å². The third-order valence-electron chi connectivity index (χ3n) is 3.31. The lowest BCUT2D eigenvalue weighted by Crippen LogP contribution is -2.29. The van der Waals surface area contributed by atoms with Crippen molar-refractivity contribution < 1.29 is 0 Å². The first-order valence-corrected chi connectivity index (χ1v) is 6.45. The summed E-state index contributed by atoms with van der Waals surface area (Å²) in [5.74, 6) is 0.624. The number of aromatic amines is 1. The first-order valence-electron chi connectivity index (χ1n) is 6.45. The van der Waals surface area contributed by atoms with E-state index in [1.807, 2.05) is 13.8 Å². The van der Waals surface area contributed by atoms with Crippen LogP contribution in [0.25, 0.3) is 11.2 Å². The van der Waals surface area contributed by atoms with Gasteiger partial charge in [0.05, 0.1) is 0 Å². The molecule has 0 saturated carbocycles. The Morgan fingerprint density at radius 3 is 2.63 bits per heavy atom. The molecule has 2 rings (SSSR count). The molecule has 7 nitrogen and oxygen atoms in total. The lowest BCUT2D eigenvalue weighted by atomic mass is 10.3. The van der Waals surface area contributed by atoms with E-state index in [9.17, 15) is 9.59 Å². The molecule has 0 radical (unpaired) electrons. The number of nitrogens with zero attached hydrogens (tertiary/aromatic N) is 3. The first-order chi connectivity index (χ1) is 8.99. The van der Waals surface area contributed by atoms with Crippen LogP contribution in [-0.4, -0.2) is 25.1 Å². The summed E-state index contributed by atoms with van der Waals surface area (Å²) in [6, 6.07) is 0.248. The van der Waals surface area contributed by atoms with E-state index >= 15 is 0 Å². The van der Waals surface area contributed by atoms with Gasteiger partial charge in [0.25, 0.3) is 5.56 Å². The highest BCUT2D eigenvalue weighted by Gasteiger charge is 2.16. The number of fused-ring (bicyclic) bond motifs is 1. The Morgan fingerprint density at radius 2 is 2.05 bits per heavy atom. The van der Waals surface area contributed by atoms with Crippen molar-refractivity contribution in [2.24, 2.45) is 7.05 Å². The van der Waals surface area contributed by atoms with Crippen molar-refractivity contribution >= 4 is 17.1 Å². The van der Waals surface area contributed by atoms with E-state index in [2.05, 4.69) is 22.2 Å². The second kappa shape index (κ2) is 4.91. The molecule has 0 amide bonds. The van der Waals surface area contributed by atoms with Gasteiger partial charge in [-0.05, 0) is 20.3 Å². The Kier molecular flexibility index (Phi) is 3.46. The van der Waals surface area contributed by atoms with Crippen molar-refractivity contribution in [1.29, 1.82) is 0 Å². The predicted molar refractivity (Wildman–Crippen MR) is 74.6 cm³/mol. The van der Waals surface area contributed by atoms with Gasteiger partial charge in [0.15, 0.2) is 11.2 Å². The van der Waals surface area contributed by atoms with Crippen molar-refractivity contribution in [3.8, 4) is 0 Å². The number of hydrogen-bond donors (Lipinski definition) is 2. The summed E-state index contributed by atoms with van der Waals surface area (Å²) in [6.45, 7) is 6.66. The molecule has 2 aromatic heterocycles. The summed E-state index contributed by atoms with van der Waals surface area (Å²) in [4.78, 5) is 30.2. The van der Waals surface area contributed by atoms with Crippen LogP contribution >= 0.6 is 0 Å². The minimum Gasteiger partial charge on any atom is -0.353 e. The van der Waals surface area contributed by atoms with Crippen LogP contribution in [0, 0.1) is 0 Å². The molecule has 0 aliphatic carbocycles. The third-order valence-corrected chi connectivity index (χ3v) is 3.31. The number of rotatable bonds is 4. The lowest BCUT2D eigenvalue weighted by Gasteiger charge is -2.13. The third kappa shape index (κ3) is 2.16. The Balaban J connectivity index is 2.74. The molecule has 0 aliphatic heterocycles. The van der Waals surface area contributed by atoms with E-state index < -0.39 is 11.2 Å². The van der Waals surface area contributed by atoms with Gasteiger partial charge in [0, 0.05) is 19.6 Å². The van der Waals surface area contributed by atoms with Gasteiger partial charge in [0.2, 0.25) is 5.95 Å². The predicted octanol–water partition coefficient (Wildman–Crippen LogP) is 0.654. The largest absolute Gasteiger partial charge is 0.353 e. The summed E-state index contributed by atoms with van der Waals surface area (Å²) < 4.78 is 3.14. The Bertz CT molecular complexity index is 709. The summed E-state index contributed by atoms with van der Waals surface area (Å²) in [7, 11) is 1.60. The molecule has 0 aliphatic rings. The van der Waals surface area contributed by atoms with Crippen LogP contribution in [0.2, 0.25) is 0 Å². The normalized spacial score (nSPS) is 12.8. The molecule has 104 valence electrons. The smallest absolute Gasteiger partial charge is 0.329 e. The van der Waals surface area contributed by atoms with Crippen molar-refractivity contribution in [3.63, 3.8) is 0 Å². The van der Waals surface area contributed by atoms with E-state index in [-0.39, 0.29) is 6.04 Å². The average Bonchev–Trinajstić information content (AvgIpc) is 2.74. The maximum atomic E-state index is 11.9. The topological polar surface area (TPSA) is 84.7 Å². The van der Waals surface area contributed by atoms with Gasteiger partial charge in [0.1, 0.15) is 0 Å². The standard InChI is InChI=1S/C12H19N5O2/c1-5-7(3)13-11-14-9-8(17(11)6-2)10(18)15-12(19)16(9)4/h7H,5-6H2,1-4H3,(H,13,14)(H,15,18,19)/t7-/m1/s1. The molecule has 0 unspecified atom stereocenters. The minimum atomic E-state index is -0.451. The van der Waals surface area contributed by atoms with Crippen LogP contribution in [0.5, 0.6) is 0 Å². The maximum Gasteiger partial charge on any atom is 0.329 e. The van der Waals surface area contributed by atoms with Gasteiger partial charge in [-0.15, -0.1) is 0 Å². The highest BCUT2D eigenvalue weighted by Crippen LogP contribution is 2.16. The van der Waals surface area contributed by atoms with Gasteiger partial charge in [-0.2, -0.15) is 4.98 Å². The van der Waals surface area contributed by atoms with Crippen molar-refractivity contribution in [2.75, 3.05) is 5.32 Å². The van der Waals surface area contributed by atoms with Gasteiger partial charge in [-0.25, -0.2) is 4.79 Å². The fourth-order valence-electron chi connectivity index (χ4n) is 1.98. The highest BCUT2D eigenvalue weighted by molar-refractivity contribution is 5.74. The molecule has 0 saturated heterocycles. The van der Waals surface area contributed by atoms with Crippen molar-refractivity contribution in [2.45, 2.75) is 39.8 Å². The van der Waals surface area contributed by atoms with Gasteiger partial charge in [-0.3, -0.25) is 14.3 Å². The number of nitrogens with one attached hydrogen (secondary N) is 2. The van der Waals surface area contributed by atoms with Crippen LogP contribution in [0.1, 0.15) is 27.2 Å². The molecular weight excluding hydrogens is 246 g/mol. The summed E-state index contributed by atoms with van der Waals surface area (Å²) in [5, 5.41) is 3.26. The molecule has 2 N–H and O–H groups in total. The lowest BCUT2D eigenvalue weighted by molar-refractivity contribution is 0.719. The molecule has 0 bridgehead atoms. The molecule has 1 atom stereocenters. The number of imidazole rings is 1. The summed E-state index contributed by atoms with van der Waals surface area (Å²) >= 11 is 0. The van der Waals surface area contributed by atoms with Gasteiger partial charge < -0.3 is 9.88 Å². The fraction of sp³-hybridized carbons (Fsp3) is 0.583. The number of hydrogen-bond acceptors (Lipinski definition) is 4. The number of aromatic nitrogens is 4. The molecule has 19 heavy (non-hydrogen) atoms. The fourth-order valence-corrected chi connectivity index (χ4v) is 1.98. The number of anilines is 1. The zero-order valence-electron chi connectivity index (χ0n) is 11.6. The van der Waals surface area contributed by atoms with Crippen molar-refractivity contribution in [3.05, 3.63) is 20.8 Å².